The van der Waals surface area contributed by atoms with Crippen molar-refractivity contribution in [2.24, 2.45) is 5.92 Å². The maximum atomic E-state index is 12.6. The Morgan fingerprint density at radius 1 is 0.897 bits per heavy atom. The number of aryl methyl sites for hydroxylation is 1. The van der Waals surface area contributed by atoms with E-state index in [0.29, 0.717) is 19.6 Å². The number of nitrogens with zero attached hydrogens (tertiary/aromatic N) is 1. The Morgan fingerprint density at radius 3 is 2.31 bits per heavy atom. The molecular weight excluding hydrogens is 541 g/mol. The Bertz CT molecular complexity index is 1450. The fourth-order valence-corrected chi connectivity index (χ4v) is 5.91. The van der Waals surface area contributed by atoms with E-state index in [1.807, 2.05) is 79.7 Å². The Balaban J connectivity index is 0.00000420. The molecule has 0 spiro atoms. The summed E-state index contributed by atoms with van der Waals surface area (Å²) in [4.78, 5) is 12.6. The molecule has 0 radical (unpaired) electrons. The van der Waals surface area contributed by atoms with E-state index in [2.05, 4.69) is 4.72 Å². The number of hydrogen-bond donors (Lipinski definition) is 0. The molecule has 0 aliphatic rings. The van der Waals surface area contributed by atoms with Crippen LogP contribution in [-0.2, 0) is 21.2 Å². The van der Waals surface area contributed by atoms with Crippen LogP contribution in [0.5, 0.6) is 11.5 Å². The summed E-state index contributed by atoms with van der Waals surface area (Å²) in [6.45, 7) is 4.85. The predicted octanol–water partition coefficient (Wildman–Crippen LogP) is 4.04. The van der Waals surface area contributed by atoms with Gasteiger partial charge in [0.05, 0.1) is 19.1 Å². The fourth-order valence-electron chi connectivity index (χ4n) is 3.94. The molecule has 6 nitrogen and oxygen atoms in total. The maximum absolute atomic E-state index is 12.6. The number of rotatable bonds is 12. The van der Waals surface area contributed by atoms with Crippen molar-refractivity contribution >= 4 is 27.3 Å². The van der Waals surface area contributed by atoms with Crippen molar-refractivity contribution in [1.29, 1.82) is 0 Å². The molecule has 1 unspecified atom stereocenters. The third kappa shape index (κ3) is 8.95. The quantitative estimate of drug-likeness (QED) is 0.189. The number of amides is 1. The normalized spacial score (nSPS) is 11.7. The Kier molecular flexibility index (Phi) is 11.6. The zero-order valence-electron chi connectivity index (χ0n) is 22.4. The van der Waals surface area contributed by atoms with Gasteiger partial charge in [0.2, 0.25) is 0 Å². The van der Waals surface area contributed by atoms with Gasteiger partial charge < -0.3 is 19.0 Å². The first-order valence-corrected chi connectivity index (χ1v) is 14.7. The van der Waals surface area contributed by atoms with Crippen LogP contribution in [0.15, 0.2) is 94.5 Å². The molecule has 4 aromatic rings. The fraction of sp³-hybridized carbons (Fsp3) is 0.233. The van der Waals surface area contributed by atoms with Crippen LogP contribution in [0, 0.1) is 12.8 Å². The Hall–Kier alpha value is -2.62. The number of hydrogen-bond acceptors (Lipinski definition) is 6. The van der Waals surface area contributed by atoms with E-state index in [1.54, 1.807) is 18.4 Å². The van der Waals surface area contributed by atoms with Gasteiger partial charge in [0.25, 0.3) is 0 Å². The minimum atomic E-state index is -3.98. The van der Waals surface area contributed by atoms with Crippen molar-refractivity contribution in [3.8, 4) is 22.6 Å². The summed E-state index contributed by atoms with van der Waals surface area (Å²) < 4.78 is 40.0. The Labute approximate surface area is 256 Å². The number of thiophene rings is 1. The van der Waals surface area contributed by atoms with Gasteiger partial charge in [-0.25, -0.2) is 8.42 Å². The molecule has 0 saturated heterocycles. The van der Waals surface area contributed by atoms with Gasteiger partial charge in [0, 0.05) is 12.3 Å². The van der Waals surface area contributed by atoms with E-state index >= 15 is 0 Å². The first-order chi connectivity index (χ1) is 18.3. The average molecular weight is 572 g/mol. The summed E-state index contributed by atoms with van der Waals surface area (Å²) in [6.07, 6.45) is 1.13. The molecule has 0 saturated carbocycles. The van der Waals surface area contributed by atoms with Gasteiger partial charge in [0.15, 0.2) is 0 Å². The van der Waals surface area contributed by atoms with Gasteiger partial charge in [0.1, 0.15) is 25.7 Å². The summed E-state index contributed by atoms with van der Waals surface area (Å²) in [5.74, 6) is 0.392. The number of sulfonamides is 1. The average Bonchev–Trinajstić information content (AvgIpc) is 3.46. The number of benzene rings is 3. The van der Waals surface area contributed by atoms with Crippen LogP contribution < -0.4 is 39.0 Å². The van der Waals surface area contributed by atoms with Crippen molar-refractivity contribution in [3.05, 3.63) is 106 Å². The molecule has 1 atom stereocenters. The van der Waals surface area contributed by atoms with Gasteiger partial charge in [-0.15, -0.1) is 11.3 Å². The van der Waals surface area contributed by atoms with Gasteiger partial charge in [-0.2, -0.15) is 0 Å². The van der Waals surface area contributed by atoms with Crippen molar-refractivity contribution in [1.82, 2.24) is 0 Å². The van der Waals surface area contributed by atoms with Crippen molar-refractivity contribution in [2.75, 3.05) is 13.2 Å². The summed E-state index contributed by atoms with van der Waals surface area (Å²) in [7, 11) is -3.98. The van der Waals surface area contributed by atoms with Gasteiger partial charge in [-0.05, 0) is 71.3 Å². The van der Waals surface area contributed by atoms with Gasteiger partial charge in [-0.3, -0.25) is 0 Å². The van der Waals surface area contributed by atoms with Crippen LogP contribution in [0.3, 0.4) is 0 Å². The summed E-state index contributed by atoms with van der Waals surface area (Å²) in [5.41, 5.74) is 4.07. The van der Waals surface area contributed by atoms with Crippen LogP contribution in [0.25, 0.3) is 15.8 Å². The van der Waals surface area contributed by atoms with E-state index < -0.39 is 21.8 Å². The minimum absolute atomic E-state index is 0. The first kappa shape index (κ1) is 30.9. The van der Waals surface area contributed by atoms with Crippen LogP contribution in [0.1, 0.15) is 24.5 Å². The second-order valence-corrected chi connectivity index (χ2v) is 11.8. The molecule has 4 rings (SSSR count). The van der Waals surface area contributed by atoms with E-state index in [1.165, 1.54) is 11.6 Å². The summed E-state index contributed by atoms with van der Waals surface area (Å²) in [6, 6.07) is 26.6. The number of carbonyl (C=O) groups excluding carboxylic acids is 1. The monoisotopic (exact) mass is 571 g/mol. The van der Waals surface area contributed by atoms with Crippen LogP contribution in [0.4, 0.5) is 0 Å². The minimum Gasteiger partial charge on any atom is -0.541 e. The second-order valence-electron chi connectivity index (χ2n) is 8.99. The van der Waals surface area contributed by atoms with E-state index in [-0.39, 0.29) is 33.8 Å². The topological polar surface area (TPSA) is 83.8 Å². The van der Waals surface area contributed by atoms with Gasteiger partial charge >= 0.3 is 29.6 Å². The molecule has 198 valence electrons. The third-order valence-corrected chi connectivity index (χ3v) is 8.55. The molecule has 3 aromatic carbocycles. The zero-order chi connectivity index (χ0) is 27.0. The largest absolute Gasteiger partial charge is 1.00 e. The molecule has 39 heavy (non-hydrogen) atoms. The van der Waals surface area contributed by atoms with Crippen LogP contribution >= 0.6 is 11.3 Å². The molecule has 1 heterocycles. The maximum Gasteiger partial charge on any atom is 1.00 e. The SMILES string of the molecule is Cc1cccc(OCCCOc2ccc(-c3ccccc3CC(C)C(=O)[N-]S(=O)(=O)c3cccs3)cc2)c1.[Na+]. The first-order valence-electron chi connectivity index (χ1n) is 12.4. The molecule has 1 aromatic heterocycles. The van der Waals surface area contributed by atoms with Crippen LogP contribution in [0.2, 0.25) is 0 Å². The molecule has 1 amide bonds. The van der Waals surface area contributed by atoms with Crippen molar-refractivity contribution < 1.29 is 52.2 Å². The number of carbonyl (C=O) groups is 1. The standard InChI is InChI=1S/C30H31NO5S2.Na/c1-22-8-5-10-27(20-22)36-18-7-17-35-26-15-13-24(14-16-26)28-11-4-3-9-25(28)21-23(2)30(32)31-38(33,34)29-12-6-19-37-29;/h3-6,8-16,19-20,23H,7,17-18,21H2,1-2H3,(H,31,32);/q;+1/p-1. The van der Waals surface area contributed by atoms with E-state index in [9.17, 15) is 13.2 Å². The molecule has 0 aliphatic carbocycles. The van der Waals surface area contributed by atoms with Crippen LogP contribution in [-0.4, -0.2) is 27.5 Å². The van der Waals surface area contributed by atoms with Crippen molar-refractivity contribution in [2.45, 2.75) is 30.9 Å². The predicted molar refractivity (Wildman–Crippen MR) is 151 cm³/mol. The van der Waals surface area contributed by atoms with E-state index in [4.69, 9.17) is 9.47 Å². The Morgan fingerprint density at radius 2 is 1.62 bits per heavy atom. The third-order valence-electron chi connectivity index (χ3n) is 5.91. The second kappa shape index (κ2) is 14.7. The smallest absolute Gasteiger partial charge is 0.541 e. The molecule has 9 heteroatoms. The molecule has 0 bridgehead atoms. The molecule has 0 fully saturated rings. The zero-order valence-corrected chi connectivity index (χ0v) is 26.0. The molecule has 0 N–H and O–H groups in total. The summed E-state index contributed by atoms with van der Waals surface area (Å²) in [5, 5.41) is 1.64. The molecule has 0 aliphatic heterocycles. The number of ether oxygens (including phenoxy) is 2. The summed E-state index contributed by atoms with van der Waals surface area (Å²) >= 11 is 1.04. The van der Waals surface area contributed by atoms with Gasteiger partial charge in [-0.1, -0.05) is 61.5 Å². The van der Waals surface area contributed by atoms with E-state index in [0.717, 1.165) is 45.9 Å². The van der Waals surface area contributed by atoms with Crippen molar-refractivity contribution in [3.63, 3.8) is 0 Å². The molecular formula is C30H30NNaO5S2.